The van der Waals surface area contributed by atoms with Crippen LogP contribution in [0.5, 0.6) is 0 Å². The number of unbranched alkanes of at least 4 members (excludes halogenated alkanes) is 1. The van der Waals surface area contributed by atoms with Crippen LogP contribution in [0.3, 0.4) is 0 Å². The number of alkyl halides is 3. The van der Waals surface area contributed by atoms with Gasteiger partial charge in [0, 0.05) is 31.6 Å². The second kappa shape index (κ2) is 7.16. The Bertz CT molecular complexity index is 394. The number of hydrogen-bond donors (Lipinski definition) is 2. The minimum absolute atomic E-state index is 0.0340. The molecule has 0 aliphatic carbocycles. The fourth-order valence-corrected chi connectivity index (χ4v) is 1.82. The van der Waals surface area contributed by atoms with Gasteiger partial charge in [0.25, 0.3) is 0 Å². The SMILES string of the molecule is O=C(O)CCCCNC(=O)N1CC=C(C(F)(F)F)CC1. The molecule has 0 fully saturated rings. The second-order valence-corrected chi connectivity index (χ2v) is 4.51. The van der Waals surface area contributed by atoms with Crippen LogP contribution in [0.2, 0.25) is 0 Å². The molecule has 0 radical (unpaired) electrons. The van der Waals surface area contributed by atoms with E-state index in [1.165, 1.54) is 4.90 Å². The maximum Gasteiger partial charge on any atom is 0.412 e. The lowest BCUT2D eigenvalue weighted by molar-refractivity contribution is -0.137. The minimum atomic E-state index is -4.32. The van der Waals surface area contributed by atoms with Crippen molar-refractivity contribution in [1.29, 1.82) is 0 Å². The predicted octanol–water partition coefficient (Wildman–Crippen LogP) is 2.15. The van der Waals surface area contributed by atoms with Crippen LogP contribution in [-0.4, -0.2) is 47.8 Å². The zero-order valence-corrected chi connectivity index (χ0v) is 10.9. The van der Waals surface area contributed by atoms with Crippen LogP contribution in [-0.2, 0) is 4.79 Å². The lowest BCUT2D eigenvalue weighted by atomic mass is 10.1. The molecule has 0 atom stereocenters. The molecule has 0 spiro atoms. The quantitative estimate of drug-likeness (QED) is 0.603. The van der Waals surface area contributed by atoms with Crippen molar-refractivity contribution in [2.24, 2.45) is 0 Å². The van der Waals surface area contributed by atoms with Gasteiger partial charge in [0.2, 0.25) is 0 Å². The Morgan fingerprint density at radius 2 is 2.05 bits per heavy atom. The van der Waals surface area contributed by atoms with Crippen molar-refractivity contribution < 1.29 is 27.9 Å². The number of hydrogen-bond acceptors (Lipinski definition) is 2. The van der Waals surface area contributed by atoms with Gasteiger partial charge in [-0.2, -0.15) is 13.2 Å². The summed E-state index contributed by atoms with van der Waals surface area (Å²) in [5.41, 5.74) is -0.594. The molecule has 8 heteroatoms. The Morgan fingerprint density at radius 3 is 2.55 bits per heavy atom. The number of carboxylic acid groups (broad SMARTS) is 1. The summed E-state index contributed by atoms with van der Waals surface area (Å²) in [6.07, 6.45) is -2.48. The zero-order valence-electron chi connectivity index (χ0n) is 10.9. The molecule has 0 saturated heterocycles. The summed E-state index contributed by atoms with van der Waals surface area (Å²) in [5.74, 6) is -0.892. The van der Waals surface area contributed by atoms with E-state index >= 15 is 0 Å². The number of halogens is 3. The van der Waals surface area contributed by atoms with Gasteiger partial charge < -0.3 is 15.3 Å². The average molecular weight is 294 g/mol. The van der Waals surface area contributed by atoms with Gasteiger partial charge in [-0.25, -0.2) is 4.79 Å². The van der Waals surface area contributed by atoms with Crippen molar-refractivity contribution in [2.75, 3.05) is 19.6 Å². The van der Waals surface area contributed by atoms with E-state index in [4.69, 9.17) is 5.11 Å². The standard InChI is InChI=1S/C12H17F3N2O3/c13-12(14,15)9-4-7-17(8-5-9)11(20)16-6-2-1-3-10(18)19/h4H,1-3,5-8H2,(H,16,20)(H,18,19). The molecule has 0 aromatic rings. The van der Waals surface area contributed by atoms with Crippen LogP contribution >= 0.6 is 0 Å². The number of nitrogens with one attached hydrogen (secondary N) is 1. The van der Waals surface area contributed by atoms with Crippen LogP contribution < -0.4 is 5.32 Å². The Balaban J connectivity index is 2.26. The highest BCUT2D eigenvalue weighted by Crippen LogP contribution is 2.29. The van der Waals surface area contributed by atoms with E-state index in [9.17, 15) is 22.8 Å². The number of carbonyl (C=O) groups is 2. The molecule has 1 rings (SSSR count). The van der Waals surface area contributed by atoms with Crippen molar-refractivity contribution in [1.82, 2.24) is 10.2 Å². The van der Waals surface area contributed by atoms with Crippen LogP contribution in [0, 0.1) is 0 Å². The molecule has 0 unspecified atom stereocenters. The van der Waals surface area contributed by atoms with Gasteiger partial charge in [-0.05, 0) is 19.3 Å². The topological polar surface area (TPSA) is 69.6 Å². The number of aliphatic carboxylic acids is 1. The predicted molar refractivity (Wildman–Crippen MR) is 65.2 cm³/mol. The van der Waals surface area contributed by atoms with Gasteiger partial charge in [0.15, 0.2) is 0 Å². The van der Waals surface area contributed by atoms with Crippen LogP contribution in [0.25, 0.3) is 0 Å². The number of carboxylic acids is 1. The summed E-state index contributed by atoms with van der Waals surface area (Å²) in [6, 6.07) is -0.419. The monoisotopic (exact) mass is 294 g/mol. The highest BCUT2D eigenvalue weighted by Gasteiger charge is 2.35. The minimum Gasteiger partial charge on any atom is -0.481 e. The maximum absolute atomic E-state index is 12.4. The molecule has 1 aliphatic heterocycles. The molecule has 5 nitrogen and oxygen atoms in total. The lowest BCUT2D eigenvalue weighted by Crippen LogP contribution is -2.43. The Hall–Kier alpha value is -1.73. The molecule has 1 aliphatic rings. The van der Waals surface area contributed by atoms with Gasteiger partial charge in [-0.15, -0.1) is 0 Å². The largest absolute Gasteiger partial charge is 0.481 e. The molecule has 0 aromatic heterocycles. The number of urea groups is 1. The van der Waals surface area contributed by atoms with Gasteiger partial charge in [-0.3, -0.25) is 4.79 Å². The molecule has 20 heavy (non-hydrogen) atoms. The second-order valence-electron chi connectivity index (χ2n) is 4.51. The third-order valence-electron chi connectivity index (χ3n) is 2.95. The van der Waals surface area contributed by atoms with Crippen molar-refractivity contribution in [3.8, 4) is 0 Å². The van der Waals surface area contributed by atoms with E-state index in [2.05, 4.69) is 5.32 Å². The number of amides is 2. The van der Waals surface area contributed by atoms with Crippen LogP contribution in [0.15, 0.2) is 11.6 Å². The van der Waals surface area contributed by atoms with Gasteiger partial charge in [-0.1, -0.05) is 6.08 Å². The molecular formula is C12H17F3N2O3. The van der Waals surface area contributed by atoms with Crippen LogP contribution in [0.1, 0.15) is 25.7 Å². The Morgan fingerprint density at radius 1 is 1.35 bits per heavy atom. The summed E-state index contributed by atoms with van der Waals surface area (Å²) in [7, 11) is 0. The summed E-state index contributed by atoms with van der Waals surface area (Å²) < 4.78 is 37.2. The Labute approximate surface area is 114 Å². The summed E-state index contributed by atoms with van der Waals surface area (Å²) in [5, 5.41) is 11.0. The first-order valence-electron chi connectivity index (χ1n) is 6.31. The van der Waals surface area contributed by atoms with Crippen molar-refractivity contribution >= 4 is 12.0 Å². The molecule has 0 saturated carbocycles. The third-order valence-corrected chi connectivity index (χ3v) is 2.95. The summed E-state index contributed by atoms with van der Waals surface area (Å²) in [4.78, 5) is 23.2. The van der Waals surface area contributed by atoms with E-state index in [0.29, 0.717) is 19.4 Å². The van der Waals surface area contributed by atoms with Gasteiger partial charge >= 0.3 is 18.2 Å². The molecule has 2 N–H and O–H groups in total. The van der Waals surface area contributed by atoms with E-state index in [1.807, 2.05) is 0 Å². The van der Waals surface area contributed by atoms with Crippen molar-refractivity contribution in [3.63, 3.8) is 0 Å². The van der Waals surface area contributed by atoms with Crippen molar-refractivity contribution in [2.45, 2.75) is 31.9 Å². The molecule has 114 valence electrons. The van der Waals surface area contributed by atoms with Gasteiger partial charge in [0.05, 0.1) is 0 Å². The van der Waals surface area contributed by atoms with E-state index in [0.717, 1.165) is 6.08 Å². The lowest BCUT2D eigenvalue weighted by Gasteiger charge is -2.27. The van der Waals surface area contributed by atoms with Gasteiger partial charge in [0.1, 0.15) is 0 Å². The van der Waals surface area contributed by atoms with E-state index < -0.39 is 23.7 Å². The maximum atomic E-state index is 12.4. The van der Waals surface area contributed by atoms with E-state index in [1.54, 1.807) is 0 Å². The van der Waals surface area contributed by atoms with Crippen molar-refractivity contribution in [3.05, 3.63) is 11.6 Å². The normalized spacial score (nSPS) is 15.8. The first-order valence-corrected chi connectivity index (χ1v) is 6.31. The smallest absolute Gasteiger partial charge is 0.412 e. The zero-order chi connectivity index (χ0) is 15.2. The fraction of sp³-hybridized carbons (Fsp3) is 0.667. The summed E-state index contributed by atoms with van der Waals surface area (Å²) in [6.45, 7) is 0.292. The molecule has 0 bridgehead atoms. The summed E-state index contributed by atoms with van der Waals surface area (Å²) >= 11 is 0. The first kappa shape index (κ1) is 16.3. The highest BCUT2D eigenvalue weighted by molar-refractivity contribution is 5.74. The third kappa shape index (κ3) is 5.50. The molecular weight excluding hydrogens is 277 g/mol. The molecule has 2 amide bonds. The highest BCUT2D eigenvalue weighted by atomic mass is 19.4. The number of carbonyl (C=O) groups excluding carboxylic acids is 1. The Kier molecular flexibility index (Phi) is 5.84. The van der Waals surface area contributed by atoms with Crippen LogP contribution in [0.4, 0.5) is 18.0 Å². The average Bonchev–Trinajstić information content (AvgIpc) is 2.37. The molecule has 1 heterocycles. The van der Waals surface area contributed by atoms with E-state index in [-0.39, 0.29) is 25.9 Å². The number of rotatable bonds is 5. The first-order chi connectivity index (χ1) is 9.30. The number of nitrogens with zero attached hydrogens (tertiary/aromatic N) is 1. The molecule has 0 aromatic carbocycles. The fourth-order valence-electron chi connectivity index (χ4n) is 1.82.